The summed E-state index contributed by atoms with van der Waals surface area (Å²) in [6.07, 6.45) is 24.8. The van der Waals surface area contributed by atoms with Crippen molar-refractivity contribution in [1.82, 2.24) is 0 Å². The summed E-state index contributed by atoms with van der Waals surface area (Å²) >= 11 is 0. The molecule has 0 aliphatic carbocycles. The summed E-state index contributed by atoms with van der Waals surface area (Å²) in [5.74, 6) is 0.933. The van der Waals surface area contributed by atoms with Crippen LogP contribution >= 0.6 is 0 Å². The van der Waals surface area contributed by atoms with Crippen LogP contribution in [0.1, 0.15) is 103 Å². The van der Waals surface area contributed by atoms with E-state index in [4.69, 9.17) is 4.74 Å². The Kier molecular flexibility index (Phi) is 14.2. The molecule has 1 rings (SSSR count). The van der Waals surface area contributed by atoms with Gasteiger partial charge in [-0.2, -0.15) is 0 Å². The van der Waals surface area contributed by atoms with Gasteiger partial charge in [-0.1, -0.05) is 89.7 Å². The van der Waals surface area contributed by atoms with E-state index in [1.54, 1.807) is 0 Å². The van der Waals surface area contributed by atoms with Gasteiger partial charge in [0.25, 0.3) is 0 Å². The molecular formula is C21H39NO. The largest absolute Gasteiger partial charge is 0.481 e. The van der Waals surface area contributed by atoms with Crippen LogP contribution in [0.2, 0.25) is 0 Å². The molecule has 0 N–H and O–H groups in total. The van der Waals surface area contributed by atoms with Crippen molar-refractivity contribution in [2.75, 3.05) is 13.2 Å². The average molecular weight is 322 g/mol. The van der Waals surface area contributed by atoms with Crippen molar-refractivity contribution in [1.29, 1.82) is 0 Å². The van der Waals surface area contributed by atoms with Gasteiger partial charge < -0.3 is 4.74 Å². The number of hydrogen-bond donors (Lipinski definition) is 0. The lowest BCUT2D eigenvalue weighted by Crippen LogP contribution is -2.12. The molecule has 0 saturated heterocycles. The van der Waals surface area contributed by atoms with Crippen LogP contribution in [0.3, 0.4) is 0 Å². The lowest BCUT2D eigenvalue weighted by Gasteiger charge is -2.11. The summed E-state index contributed by atoms with van der Waals surface area (Å²) in [6, 6.07) is 0. The molecule has 0 spiro atoms. The predicted molar refractivity (Wildman–Crippen MR) is 102 cm³/mol. The highest BCUT2D eigenvalue weighted by Crippen LogP contribution is 2.12. The summed E-state index contributed by atoms with van der Waals surface area (Å²) in [5.41, 5.74) is 0. The predicted octanol–water partition coefficient (Wildman–Crippen LogP) is 6.84. The lowest BCUT2D eigenvalue weighted by molar-refractivity contribution is 0.277. The first-order valence-corrected chi connectivity index (χ1v) is 10.2. The molecule has 2 heteroatoms. The van der Waals surface area contributed by atoms with Gasteiger partial charge in [0, 0.05) is 19.4 Å². The standard InChI is InChI=1S/C21H39NO/c1-2-3-4-5-6-7-8-9-10-11-12-13-14-15-16-18-21-22-19-17-20-23-21/h15-16H,2-14,17-20H2,1H3. The van der Waals surface area contributed by atoms with Crippen LogP contribution in [-0.4, -0.2) is 19.0 Å². The third kappa shape index (κ3) is 13.4. The van der Waals surface area contributed by atoms with E-state index in [2.05, 4.69) is 24.1 Å². The van der Waals surface area contributed by atoms with E-state index in [0.29, 0.717) is 0 Å². The van der Waals surface area contributed by atoms with Gasteiger partial charge in [-0.05, 0) is 12.8 Å². The number of rotatable bonds is 15. The van der Waals surface area contributed by atoms with Crippen molar-refractivity contribution in [3.05, 3.63) is 12.2 Å². The van der Waals surface area contributed by atoms with Crippen LogP contribution in [-0.2, 0) is 4.74 Å². The van der Waals surface area contributed by atoms with Crippen molar-refractivity contribution >= 4 is 5.90 Å². The van der Waals surface area contributed by atoms with E-state index in [0.717, 1.165) is 31.9 Å². The van der Waals surface area contributed by atoms with Crippen LogP contribution in [0.15, 0.2) is 17.1 Å². The van der Waals surface area contributed by atoms with Gasteiger partial charge in [0.15, 0.2) is 5.90 Å². The maximum Gasteiger partial charge on any atom is 0.187 e. The first-order valence-electron chi connectivity index (χ1n) is 10.2. The summed E-state index contributed by atoms with van der Waals surface area (Å²) < 4.78 is 5.50. The van der Waals surface area contributed by atoms with Crippen molar-refractivity contribution in [3.63, 3.8) is 0 Å². The summed E-state index contributed by atoms with van der Waals surface area (Å²) in [5, 5.41) is 0. The summed E-state index contributed by atoms with van der Waals surface area (Å²) in [6.45, 7) is 4.09. The van der Waals surface area contributed by atoms with Gasteiger partial charge >= 0.3 is 0 Å². The van der Waals surface area contributed by atoms with Crippen molar-refractivity contribution < 1.29 is 4.74 Å². The van der Waals surface area contributed by atoms with Crippen LogP contribution in [0.4, 0.5) is 0 Å². The molecular weight excluding hydrogens is 282 g/mol. The van der Waals surface area contributed by atoms with E-state index < -0.39 is 0 Å². The van der Waals surface area contributed by atoms with E-state index in [1.807, 2.05) is 0 Å². The Balaban J connectivity index is 1.75. The molecule has 0 aromatic carbocycles. The minimum absolute atomic E-state index is 0.853. The number of nitrogens with zero attached hydrogens (tertiary/aromatic N) is 1. The van der Waals surface area contributed by atoms with Crippen LogP contribution in [0, 0.1) is 0 Å². The smallest absolute Gasteiger partial charge is 0.187 e. The zero-order chi connectivity index (χ0) is 16.4. The molecule has 0 aromatic rings. The molecule has 0 saturated carbocycles. The van der Waals surface area contributed by atoms with E-state index in [9.17, 15) is 0 Å². The number of allylic oxidation sites excluding steroid dienone is 1. The Morgan fingerprint density at radius 3 is 2.00 bits per heavy atom. The third-order valence-electron chi connectivity index (χ3n) is 4.54. The minimum atomic E-state index is 0.853. The van der Waals surface area contributed by atoms with Gasteiger partial charge in [0.1, 0.15) is 0 Å². The molecule has 0 bridgehead atoms. The van der Waals surface area contributed by atoms with Gasteiger partial charge in [0.2, 0.25) is 0 Å². The quantitative estimate of drug-likeness (QED) is 0.239. The SMILES string of the molecule is CCCCCCCCCCCCCCC=CCC1=NCCCO1. The zero-order valence-corrected chi connectivity index (χ0v) is 15.5. The second-order valence-corrected chi connectivity index (χ2v) is 6.83. The minimum Gasteiger partial charge on any atom is -0.481 e. The Morgan fingerprint density at radius 2 is 1.43 bits per heavy atom. The van der Waals surface area contributed by atoms with Gasteiger partial charge in [-0.25, -0.2) is 0 Å². The molecule has 0 atom stereocenters. The number of aliphatic imine (C=N–C) groups is 1. The highest BCUT2D eigenvalue weighted by Gasteiger charge is 2.02. The van der Waals surface area contributed by atoms with Gasteiger partial charge in [-0.3, -0.25) is 4.99 Å². The molecule has 134 valence electrons. The molecule has 1 heterocycles. The molecule has 0 aromatic heterocycles. The monoisotopic (exact) mass is 321 g/mol. The normalized spacial score (nSPS) is 14.9. The van der Waals surface area contributed by atoms with Crippen LogP contribution in [0.5, 0.6) is 0 Å². The maximum absolute atomic E-state index is 5.50. The number of unbranched alkanes of at least 4 members (excludes halogenated alkanes) is 12. The Bertz CT molecular complexity index is 309. The Morgan fingerprint density at radius 1 is 0.826 bits per heavy atom. The maximum atomic E-state index is 5.50. The fourth-order valence-electron chi connectivity index (χ4n) is 3.03. The third-order valence-corrected chi connectivity index (χ3v) is 4.54. The van der Waals surface area contributed by atoms with Crippen LogP contribution in [0.25, 0.3) is 0 Å². The first kappa shape index (κ1) is 20.3. The van der Waals surface area contributed by atoms with Gasteiger partial charge in [-0.15, -0.1) is 0 Å². The number of hydrogen-bond acceptors (Lipinski definition) is 2. The van der Waals surface area contributed by atoms with E-state index in [-0.39, 0.29) is 0 Å². The lowest BCUT2D eigenvalue weighted by atomic mass is 10.0. The zero-order valence-electron chi connectivity index (χ0n) is 15.5. The van der Waals surface area contributed by atoms with Crippen molar-refractivity contribution in [2.45, 2.75) is 103 Å². The van der Waals surface area contributed by atoms with E-state index >= 15 is 0 Å². The average Bonchev–Trinajstić information content (AvgIpc) is 2.59. The van der Waals surface area contributed by atoms with Crippen molar-refractivity contribution in [3.8, 4) is 0 Å². The second kappa shape index (κ2) is 16.1. The first-order chi connectivity index (χ1) is 11.4. The molecule has 0 radical (unpaired) electrons. The van der Waals surface area contributed by atoms with Crippen LogP contribution < -0.4 is 0 Å². The number of ether oxygens (including phenoxy) is 1. The second-order valence-electron chi connectivity index (χ2n) is 6.83. The molecule has 0 unspecified atom stereocenters. The molecule has 0 amide bonds. The molecule has 1 aliphatic heterocycles. The fraction of sp³-hybridized carbons (Fsp3) is 0.857. The summed E-state index contributed by atoms with van der Waals surface area (Å²) in [4.78, 5) is 4.38. The Hall–Kier alpha value is -0.790. The van der Waals surface area contributed by atoms with Crippen molar-refractivity contribution in [2.24, 2.45) is 4.99 Å². The highest BCUT2D eigenvalue weighted by molar-refractivity contribution is 5.77. The highest BCUT2D eigenvalue weighted by atomic mass is 16.5. The van der Waals surface area contributed by atoms with Gasteiger partial charge in [0.05, 0.1) is 6.61 Å². The topological polar surface area (TPSA) is 21.6 Å². The van der Waals surface area contributed by atoms with E-state index in [1.165, 1.54) is 83.5 Å². The molecule has 2 nitrogen and oxygen atoms in total. The summed E-state index contributed by atoms with van der Waals surface area (Å²) in [7, 11) is 0. The molecule has 23 heavy (non-hydrogen) atoms. The molecule has 0 fully saturated rings. The fourth-order valence-corrected chi connectivity index (χ4v) is 3.03. The molecule has 1 aliphatic rings. The Labute approximate surface area is 144 Å².